The first kappa shape index (κ1) is 11.1. The summed E-state index contributed by atoms with van der Waals surface area (Å²) in [6, 6.07) is 12.9. The Morgan fingerprint density at radius 1 is 1.44 bits per heavy atom. The molecule has 0 aliphatic carbocycles. The molecule has 0 aromatic heterocycles. The number of rotatable bonds is 2. The molecule has 0 bridgehead atoms. The second-order valence-corrected chi connectivity index (χ2v) is 4.79. The molecule has 16 heavy (non-hydrogen) atoms. The van der Waals surface area contributed by atoms with E-state index in [-0.39, 0.29) is 5.54 Å². The first-order valence-electron chi connectivity index (χ1n) is 5.85. The number of hydrogen-bond donors (Lipinski definition) is 2. The first-order valence-corrected chi connectivity index (χ1v) is 5.85. The summed E-state index contributed by atoms with van der Waals surface area (Å²) < 4.78 is 0. The predicted molar refractivity (Wildman–Crippen MR) is 61.8 cm³/mol. The summed E-state index contributed by atoms with van der Waals surface area (Å²) in [5, 5.41) is 11.2. The quantitative estimate of drug-likeness (QED) is 0.606. The van der Waals surface area contributed by atoms with Gasteiger partial charge in [-0.2, -0.15) is 5.26 Å². The lowest BCUT2D eigenvalue weighted by molar-refractivity contribution is -0.967. The van der Waals surface area contributed by atoms with Crippen molar-refractivity contribution in [3.63, 3.8) is 0 Å². The van der Waals surface area contributed by atoms with Crippen molar-refractivity contribution in [2.45, 2.75) is 12.5 Å². The number of nitriles is 1. The molecule has 1 aliphatic rings. The number of piperazine rings is 1. The molecule has 1 aromatic carbocycles. The minimum atomic E-state index is 0.131. The maximum Gasteiger partial charge on any atom is 0.168 e. The van der Waals surface area contributed by atoms with Gasteiger partial charge in [-0.15, -0.1) is 0 Å². The number of quaternary nitrogens is 2. The average Bonchev–Trinajstić information content (AvgIpc) is 2.31. The number of nitrogens with two attached hydrogens (primary N) is 1. The zero-order valence-electron chi connectivity index (χ0n) is 9.74. The van der Waals surface area contributed by atoms with E-state index in [9.17, 15) is 0 Å². The SMILES string of the molecule is C[C@@]1(c2ccccc2)C[NH+](CC#N)CC[NH2+]1. The van der Waals surface area contributed by atoms with Crippen molar-refractivity contribution in [3.05, 3.63) is 35.9 Å². The van der Waals surface area contributed by atoms with Gasteiger partial charge in [-0.3, -0.25) is 0 Å². The summed E-state index contributed by atoms with van der Waals surface area (Å²) in [5.41, 5.74) is 1.50. The van der Waals surface area contributed by atoms with Gasteiger partial charge in [-0.1, -0.05) is 30.3 Å². The van der Waals surface area contributed by atoms with Gasteiger partial charge in [-0.05, 0) is 0 Å². The van der Waals surface area contributed by atoms with E-state index in [0.29, 0.717) is 6.54 Å². The Labute approximate surface area is 96.7 Å². The summed E-state index contributed by atoms with van der Waals surface area (Å²) >= 11 is 0. The van der Waals surface area contributed by atoms with Crippen LogP contribution in [-0.4, -0.2) is 26.2 Å². The first-order chi connectivity index (χ1) is 7.74. The molecule has 84 valence electrons. The van der Waals surface area contributed by atoms with Crippen LogP contribution >= 0.6 is 0 Å². The highest BCUT2D eigenvalue weighted by atomic mass is 15.2. The minimum absolute atomic E-state index is 0.131. The lowest BCUT2D eigenvalue weighted by Crippen LogP contribution is -3.23. The molecule has 1 heterocycles. The Morgan fingerprint density at radius 3 is 2.88 bits per heavy atom. The van der Waals surface area contributed by atoms with Gasteiger partial charge in [0.25, 0.3) is 0 Å². The molecule has 0 spiro atoms. The number of nitrogens with zero attached hydrogens (tertiary/aromatic N) is 1. The van der Waals surface area contributed by atoms with E-state index in [1.807, 2.05) is 0 Å². The van der Waals surface area contributed by atoms with Crippen LogP contribution < -0.4 is 10.2 Å². The molecule has 1 saturated heterocycles. The largest absolute Gasteiger partial charge is 0.328 e. The second kappa shape index (κ2) is 4.65. The summed E-state index contributed by atoms with van der Waals surface area (Å²) in [7, 11) is 0. The standard InChI is InChI=1S/C13H17N3/c1-13(12-5-3-2-4-6-12)11-16(9-7-14)10-8-15-13/h2-6,15H,8-11H2,1H3/p+2/t13-/m0/s1. The fraction of sp³-hybridized carbons (Fsp3) is 0.462. The van der Waals surface area contributed by atoms with Crippen molar-refractivity contribution in [1.82, 2.24) is 0 Å². The zero-order chi connectivity index (χ0) is 11.4. The normalized spacial score (nSPS) is 29.6. The third-order valence-electron chi connectivity index (χ3n) is 3.47. The van der Waals surface area contributed by atoms with Crippen molar-refractivity contribution in [1.29, 1.82) is 5.26 Å². The fourth-order valence-corrected chi connectivity index (χ4v) is 2.58. The maximum atomic E-state index is 8.78. The number of nitrogens with one attached hydrogen (secondary N) is 1. The van der Waals surface area contributed by atoms with Crippen molar-refractivity contribution in [2.24, 2.45) is 0 Å². The van der Waals surface area contributed by atoms with Crippen molar-refractivity contribution in [2.75, 3.05) is 26.2 Å². The molecule has 1 aliphatic heterocycles. The fourth-order valence-electron chi connectivity index (χ4n) is 2.58. The highest BCUT2D eigenvalue weighted by molar-refractivity contribution is 5.21. The second-order valence-electron chi connectivity index (χ2n) is 4.79. The molecule has 2 atom stereocenters. The molecule has 0 saturated carbocycles. The highest BCUT2D eigenvalue weighted by Gasteiger charge is 2.38. The molecule has 1 unspecified atom stereocenters. The van der Waals surface area contributed by atoms with E-state index >= 15 is 0 Å². The van der Waals surface area contributed by atoms with Crippen molar-refractivity contribution in [3.8, 4) is 6.07 Å². The van der Waals surface area contributed by atoms with Gasteiger partial charge in [0.1, 0.15) is 25.7 Å². The summed E-state index contributed by atoms with van der Waals surface area (Å²) in [6.45, 7) is 6.12. The van der Waals surface area contributed by atoms with Crippen molar-refractivity contribution < 1.29 is 10.2 Å². The molecular weight excluding hydrogens is 198 g/mol. The van der Waals surface area contributed by atoms with Gasteiger partial charge in [0.15, 0.2) is 12.1 Å². The van der Waals surface area contributed by atoms with Crippen LogP contribution in [0.3, 0.4) is 0 Å². The van der Waals surface area contributed by atoms with Gasteiger partial charge in [0.05, 0.1) is 0 Å². The smallest absolute Gasteiger partial charge is 0.168 e. The van der Waals surface area contributed by atoms with Gasteiger partial charge >= 0.3 is 0 Å². The summed E-state index contributed by atoms with van der Waals surface area (Å²) in [5.74, 6) is 0. The van der Waals surface area contributed by atoms with Crippen LogP contribution in [0.4, 0.5) is 0 Å². The Morgan fingerprint density at radius 2 is 2.19 bits per heavy atom. The lowest BCUT2D eigenvalue weighted by Gasteiger charge is -2.35. The zero-order valence-corrected chi connectivity index (χ0v) is 9.74. The van der Waals surface area contributed by atoms with Crippen LogP contribution in [0.1, 0.15) is 12.5 Å². The highest BCUT2D eigenvalue weighted by Crippen LogP contribution is 2.14. The maximum absolute atomic E-state index is 8.78. The molecular formula is C13H19N3+2. The van der Waals surface area contributed by atoms with Crippen LogP contribution in [0.25, 0.3) is 0 Å². The minimum Gasteiger partial charge on any atom is -0.328 e. The van der Waals surface area contributed by atoms with Crippen LogP contribution in [0.15, 0.2) is 30.3 Å². The van der Waals surface area contributed by atoms with E-state index in [2.05, 4.69) is 48.6 Å². The Balaban J connectivity index is 2.16. The van der Waals surface area contributed by atoms with Crippen LogP contribution in [0.5, 0.6) is 0 Å². The van der Waals surface area contributed by atoms with E-state index in [0.717, 1.165) is 19.6 Å². The van der Waals surface area contributed by atoms with Crippen LogP contribution in [0, 0.1) is 11.3 Å². The molecule has 1 fully saturated rings. The van der Waals surface area contributed by atoms with E-state index in [4.69, 9.17) is 5.26 Å². The van der Waals surface area contributed by atoms with E-state index in [1.54, 1.807) is 0 Å². The molecule has 1 aromatic rings. The monoisotopic (exact) mass is 217 g/mol. The van der Waals surface area contributed by atoms with Crippen LogP contribution in [0.2, 0.25) is 0 Å². The number of benzene rings is 1. The Bertz CT molecular complexity index is 382. The van der Waals surface area contributed by atoms with Gasteiger partial charge < -0.3 is 10.2 Å². The van der Waals surface area contributed by atoms with Gasteiger partial charge in [-0.25, -0.2) is 0 Å². The predicted octanol–water partition coefficient (Wildman–Crippen LogP) is -1.11. The Hall–Kier alpha value is -1.37. The third-order valence-corrected chi connectivity index (χ3v) is 3.47. The topological polar surface area (TPSA) is 44.8 Å². The molecule has 3 heteroatoms. The van der Waals surface area contributed by atoms with Crippen molar-refractivity contribution >= 4 is 0 Å². The third kappa shape index (κ3) is 2.24. The van der Waals surface area contributed by atoms with E-state index in [1.165, 1.54) is 10.5 Å². The van der Waals surface area contributed by atoms with Crippen LogP contribution in [-0.2, 0) is 5.54 Å². The van der Waals surface area contributed by atoms with Gasteiger partial charge in [0.2, 0.25) is 0 Å². The van der Waals surface area contributed by atoms with E-state index < -0.39 is 0 Å². The lowest BCUT2D eigenvalue weighted by atomic mass is 9.90. The summed E-state index contributed by atoms with van der Waals surface area (Å²) in [6.07, 6.45) is 0. The summed E-state index contributed by atoms with van der Waals surface area (Å²) in [4.78, 5) is 1.40. The Kier molecular flexibility index (Phi) is 3.23. The molecule has 0 radical (unpaired) electrons. The molecule has 3 nitrogen and oxygen atoms in total. The molecule has 0 amide bonds. The average molecular weight is 217 g/mol. The molecule has 2 rings (SSSR count). The number of hydrogen-bond acceptors (Lipinski definition) is 1. The molecule has 3 N–H and O–H groups in total. The van der Waals surface area contributed by atoms with Gasteiger partial charge in [0, 0.05) is 12.5 Å².